The van der Waals surface area contributed by atoms with Gasteiger partial charge in [0.15, 0.2) is 0 Å². The summed E-state index contributed by atoms with van der Waals surface area (Å²) >= 11 is 0. The normalized spacial score (nSPS) is 10.7. The molecule has 0 saturated carbocycles. The molecule has 4 nitrogen and oxygen atoms in total. The molecule has 0 aliphatic rings. The van der Waals surface area contributed by atoms with E-state index in [1.807, 2.05) is 12.1 Å². The minimum Gasteiger partial charge on any atom is -0.464 e. The number of H-pyrrole nitrogens is 1. The molecule has 0 fully saturated rings. The SMILES string of the molecule is COC(=O)c1cnc(-c2ccc(CC(C)C)cc2)[nH]1. The van der Waals surface area contributed by atoms with Crippen LogP contribution in [0, 0.1) is 5.92 Å². The first-order chi connectivity index (χ1) is 9.10. The van der Waals surface area contributed by atoms with E-state index in [-0.39, 0.29) is 0 Å². The van der Waals surface area contributed by atoms with Gasteiger partial charge in [0.25, 0.3) is 0 Å². The largest absolute Gasteiger partial charge is 0.464 e. The van der Waals surface area contributed by atoms with Crippen LogP contribution in [0.15, 0.2) is 30.5 Å². The van der Waals surface area contributed by atoms with Gasteiger partial charge in [-0.25, -0.2) is 9.78 Å². The molecule has 19 heavy (non-hydrogen) atoms. The van der Waals surface area contributed by atoms with Crippen LogP contribution in [-0.4, -0.2) is 23.0 Å². The van der Waals surface area contributed by atoms with Crippen molar-refractivity contribution in [3.63, 3.8) is 0 Å². The van der Waals surface area contributed by atoms with Crippen molar-refractivity contribution in [2.45, 2.75) is 20.3 Å². The maximum absolute atomic E-state index is 11.3. The number of nitrogens with zero attached hydrogens (tertiary/aromatic N) is 1. The molecule has 0 atom stereocenters. The lowest BCUT2D eigenvalue weighted by molar-refractivity contribution is 0.0595. The van der Waals surface area contributed by atoms with E-state index in [0.717, 1.165) is 12.0 Å². The van der Waals surface area contributed by atoms with Gasteiger partial charge in [-0.15, -0.1) is 0 Å². The number of carbonyl (C=O) groups excluding carboxylic acids is 1. The maximum Gasteiger partial charge on any atom is 0.356 e. The summed E-state index contributed by atoms with van der Waals surface area (Å²) in [7, 11) is 1.35. The molecule has 0 amide bonds. The van der Waals surface area contributed by atoms with Crippen molar-refractivity contribution in [1.82, 2.24) is 9.97 Å². The molecule has 0 saturated heterocycles. The van der Waals surface area contributed by atoms with Gasteiger partial charge in [0.2, 0.25) is 0 Å². The Labute approximate surface area is 112 Å². The van der Waals surface area contributed by atoms with Crippen LogP contribution < -0.4 is 0 Å². The van der Waals surface area contributed by atoms with Crippen molar-refractivity contribution in [2.75, 3.05) is 7.11 Å². The zero-order chi connectivity index (χ0) is 13.8. The van der Waals surface area contributed by atoms with Gasteiger partial charge < -0.3 is 9.72 Å². The van der Waals surface area contributed by atoms with E-state index in [1.54, 1.807) is 0 Å². The number of aromatic amines is 1. The molecule has 100 valence electrons. The van der Waals surface area contributed by atoms with Gasteiger partial charge in [-0.1, -0.05) is 38.1 Å². The molecule has 1 N–H and O–H groups in total. The number of hydrogen-bond donors (Lipinski definition) is 1. The standard InChI is InChI=1S/C15H18N2O2/c1-10(2)8-11-4-6-12(7-5-11)14-16-9-13(17-14)15(18)19-3/h4-7,9-10H,8H2,1-3H3,(H,16,17). The highest BCUT2D eigenvalue weighted by Crippen LogP contribution is 2.18. The fourth-order valence-electron chi connectivity index (χ4n) is 1.95. The average molecular weight is 258 g/mol. The summed E-state index contributed by atoms with van der Waals surface area (Å²) < 4.78 is 4.64. The van der Waals surface area contributed by atoms with Crippen LogP contribution in [-0.2, 0) is 11.2 Å². The van der Waals surface area contributed by atoms with Crippen molar-refractivity contribution >= 4 is 5.97 Å². The van der Waals surface area contributed by atoms with Crippen molar-refractivity contribution in [1.29, 1.82) is 0 Å². The third-order valence-electron chi connectivity index (χ3n) is 2.85. The average Bonchev–Trinajstić information content (AvgIpc) is 2.87. The fraction of sp³-hybridized carbons (Fsp3) is 0.333. The van der Waals surface area contributed by atoms with Crippen LogP contribution in [0.3, 0.4) is 0 Å². The summed E-state index contributed by atoms with van der Waals surface area (Å²) in [6, 6.07) is 8.21. The summed E-state index contributed by atoms with van der Waals surface area (Å²) in [5, 5.41) is 0. The summed E-state index contributed by atoms with van der Waals surface area (Å²) in [4.78, 5) is 18.5. The lowest BCUT2D eigenvalue weighted by Crippen LogP contribution is -2.00. The smallest absolute Gasteiger partial charge is 0.356 e. The summed E-state index contributed by atoms with van der Waals surface area (Å²) in [5.41, 5.74) is 2.63. The first kappa shape index (κ1) is 13.3. The number of benzene rings is 1. The van der Waals surface area contributed by atoms with Gasteiger partial charge in [0.05, 0.1) is 13.3 Å². The van der Waals surface area contributed by atoms with Gasteiger partial charge in [-0.05, 0) is 17.9 Å². The molecule has 0 unspecified atom stereocenters. The lowest BCUT2D eigenvalue weighted by Gasteiger charge is -2.05. The van der Waals surface area contributed by atoms with E-state index in [4.69, 9.17) is 0 Å². The monoisotopic (exact) mass is 258 g/mol. The number of methoxy groups -OCH3 is 1. The Morgan fingerprint density at radius 3 is 2.58 bits per heavy atom. The third-order valence-corrected chi connectivity index (χ3v) is 2.85. The molecule has 4 heteroatoms. The van der Waals surface area contributed by atoms with Gasteiger partial charge in [0, 0.05) is 5.56 Å². The number of carbonyl (C=O) groups is 1. The molecule has 2 rings (SSSR count). The van der Waals surface area contributed by atoms with Crippen molar-refractivity contribution in [3.05, 3.63) is 41.7 Å². The number of aromatic nitrogens is 2. The zero-order valence-electron chi connectivity index (χ0n) is 11.4. The highest BCUT2D eigenvalue weighted by molar-refractivity contribution is 5.87. The van der Waals surface area contributed by atoms with Crippen molar-refractivity contribution in [3.8, 4) is 11.4 Å². The molecule has 1 aromatic heterocycles. The molecule has 0 bridgehead atoms. The van der Waals surface area contributed by atoms with Gasteiger partial charge in [-0.2, -0.15) is 0 Å². The van der Waals surface area contributed by atoms with E-state index in [1.165, 1.54) is 18.9 Å². The second kappa shape index (κ2) is 5.69. The number of esters is 1. The Bertz CT molecular complexity index is 556. The Balaban J connectivity index is 2.18. The highest BCUT2D eigenvalue weighted by Gasteiger charge is 2.10. The molecule has 0 spiro atoms. The maximum atomic E-state index is 11.3. The summed E-state index contributed by atoms with van der Waals surface area (Å²) in [5.74, 6) is 0.909. The summed E-state index contributed by atoms with van der Waals surface area (Å²) in [6.45, 7) is 4.39. The highest BCUT2D eigenvalue weighted by atomic mass is 16.5. The van der Waals surface area contributed by atoms with Gasteiger partial charge >= 0.3 is 5.97 Å². The molecular formula is C15H18N2O2. The predicted molar refractivity (Wildman–Crippen MR) is 73.9 cm³/mol. The second-order valence-corrected chi connectivity index (χ2v) is 4.93. The molecule has 1 aromatic carbocycles. The molecular weight excluding hydrogens is 240 g/mol. The minimum absolute atomic E-state index is 0.365. The molecule has 0 aliphatic heterocycles. The quantitative estimate of drug-likeness (QED) is 0.857. The van der Waals surface area contributed by atoms with Crippen LogP contribution in [0.1, 0.15) is 29.9 Å². The first-order valence-corrected chi connectivity index (χ1v) is 6.32. The zero-order valence-corrected chi connectivity index (χ0v) is 11.4. The Hall–Kier alpha value is -2.10. The Kier molecular flexibility index (Phi) is 4.00. The van der Waals surface area contributed by atoms with E-state index in [2.05, 4.69) is 40.7 Å². The first-order valence-electron chi connectivity index (χ1n) is 6.32. The van der Waals surface area contributed by atoms with Crippen LogP contribution in [0.25, 0.3) is 11.4 Å². The van der Waals surface area contributed by atoms with Crippen LogP contribution >= 0.6 is 0 Å². The molecule has 0 aliphatic carbocycles. The Morgan fingerprint density at radius 2 is 2.00 bits per heavy atom. The molecule has 1 heterocycles. The minimum atomic E-state index is -0.407. The van der Waals surface area contributed by atoms with Crippen molar-refractivity contribution in [2.24, 2.45) is 5.92 Å². The number of nitrogens with one attached hydrogen (secondary N) is 1. The second-order valence-electron chi connectivity index (χ2n) is 4.93. The van der Waals surface area contributed by atoms with Gasteiger partial charge in [0.1, 0.15) is 11.5 Å². The van der Waals surface area contributed by atoms with E-state index >= 15 is 0 Å². The predicted octanol–water partition coefficient (Wildman–Crippen LogP) is 3.06. The van der Waals surface area contributed by atoms with Crippen LogP contribution in [0.2, 0.25) is 0 Å². The Morgan fingerprint density at radius 1 is 1.32 bits per heavy atom. The van der Waals surface area contributed by atoms with E-state index in [0.29, 0.717) is 17.4 Å². The lowest BCUT2D eigenvalue weighted by atomic mass is 10.0. The number of ether oxygens (including phenoxy) is 1. The molecule has 2 aromatic rings. The van der Waals surface area contributed by atoms with Crippen LogP contribution in [0.5, 0.6) is 0 Å². The van der Waals surface area contributed by atoms with Crippen molar-refractivity contribution < 1.29 is 9.53 Å². The molecule has 0 radical (unpaired) electrons. The number of imidazole rings is 1. The number of rotatable bonds is 4. The van der Waals surface area contributed by atoms with E-state index < -0.39 is 5.97 Å². The van der Waals surface area contributed by atoms with E-state index in [9.17, 15) is 4.79 Å². The summed E-state index contributed by atoms with van der Waals surface area (Å²) in [6.07, 6.45) is 2.55. The van der Waals surface area contributed by atoms with Crippen LogP contribution in [0.4, 0.5) is 0 Å². The fourth-order valence-corrected chi connectivity index (χ4v) is 1.95. The topological polar surface area (TPSA) is 55.0 Å². The third kappa shape index (κ3) is 3.22. The van der Waals surface area contributed by atoms with Gasteiger partial charge in [-0.3, -0.25) is 0 Å². The number of hydrogen-bond acceptors (Lipinski definition) is 3.